The molecule has 0 aromatic heterocycles. The molecule has 0 aromatic rings. The second-order valence-electron chi connectivity index (χ2n) is 28.1. The highest BCUT2D eigenvalue weighted by Gasteiger charge is 2.60. The van der Waals surface area contributed by atoms with Gasteiger partial charge in [-0.05, 0) is 0 Å². The number of hydrogen-bond acceptors (Lipinski definition) is 49. The van der Waals surface area contributed by atoms with E-state index in [1.165, 1.54) is 0 Å². The zero-order valence-corrected chi connectivity index (χ0v) is 63.3. The van der Waals surface area contributed by atoms with Crippen molar-refractivity contribution in [2.75, 3.05) is 82.5 Å². The van der Waals surface area contributed by atoms with Crippen molar-refractivity contribution in [1.29, 1.82) is 0 Å². The summed E-state index contributed by atoms with van der Waals surface area (Å²) in [5, 5.41) is 234. The molecule has 0 saturated carbocycles. The molecule has 0 aliphatic carbocycles. The van der Waals surface area contributed by atoms with E-state index in [1.54, 1.807) is 0 Å². The predicted octanol–water partition coefficient (Wildman–Crippen LogP) is -15.9. The quantitative estimate of drug-likeness (QED) is 0.0282. The van der Waals surface area contributed by atoms with Gasteiger partial charge in [0.15, 0.2) is 44.0 Å². The average Bonchev–Trinajstić information content (AvgIpc) is 1.37. The smallest absolute Gasteiger partial charge is 0.335 e. The molecule has 23 rings (SSSR count). The largest absolute Gasteiger partial charge is 0.480 e. The van der Waals surface area contributed by atoms with Crippen molar-refractivity contribution in [2.45, 2.75) is 266 Å². The standard InChI is InChI=1S/C48H80N2O37S2.C16H20N2O10/c49-10(40(70)71)6-88-8-17-38-25(62)32(69)48(80-17)85-37-16(5-55)76-44(28(65)21(37)58)83-35-14(3-53)78-46(30(67)23(35)60)87-39-18(9-89-7-11(50)41(72)73)79-47(31(68)24(39)61)84-36-15(4-54)75-43(27(64)20(36)57)81-33-12(1-51)74-42(26(63)19(33)56)82-34-13(2-52)77-45(86-38)29(66)22(34)59;19-11-1-2-12(20)17(11)27-15(23)5-7-25-9-10-26-8-6-16(24)28-18-13(21)3-4-14(18)22/h10-39,42-48,51-69H,1-9,49-50H2,(H,70,71)(H,72,73);1-10H2/t10-,11-,12?,13?,14?,15?,16?,17?,18?,19-,20-,21-,22-,23+,24-,25-,26?,27?,28?,29?,30?,31?,32?,33-,34-,35-,36-,37-,38-,39-,42-,43-,44+,45?,46+,47+,48-;/m1./s1. The number of aliphatic carboxylic acids is 2. The van der Waals surface area contributed by atoms with Gasteiger partial charge in [0.05, 0.1) is 84.5 Å². The van der Waals surface area contributed by atoms with Gasteiger partial charge in [-0.3, -0.25) is 28.8 Å². The van der Waals surface area contributed by atoms with Crippen LogP contribution in [0.2, 0.25) is 0 Å². The van der Waals surface area contributed by atoms with E-state index < -0.39 is 319 Å². The topological polar surface area (TPSA) is 786 Å². The molecule has 23 fully saturated rings. The Labute approximate surface area is 669 Å². The minimum absolute atomic E-state index is 0.000358. The molecule has 23 heterocycles. The van der Waals surface area contributed by atoms with Crippen molar-refractivity contribution >= 4 is 71.0 Å². The molecule has 53 heteroatoms. The second-order valence-corrected chi connectivity index (χ2v) is 30.2. The van der Waals surface area contributed by atoms with Crippen molar-refractivity contribution in [2.24, 2.45) is 11.5 Å². The SMILES string of the molecule is N[C@H](CSCC1O[C@@H]2O[C@@H]3C(CO)O[C@@H](O[C@@H]4C(CO)O[C@@H](O[C@@H]5C(CSC[C@@H](N)C(=O)O)O[C@@H](O[C@@H]6C(CO)O[C@H](O[C@@H]7C(CO)O[C@H](O[C@@H]8C(CO)OC(O[C@H]1[C@H](O)C2O)C(O)[C@H]8O)C(O)[C@H]7O)C(O)[C@H]6O)C(O)[C@H]5O)C(O)[C@@H]4O)C(O)[C@H]3O)C(=O)O.O=C(CCOCCOCCC(=O)ON1C(=O)CCC1=O)ON1C(=O)CCC1=O. The Kier molecular flexibility index (Phi) is 36.3. The maximum Gasteiger partial charge on any atom is 0.335 e. The van der Waals surface area contributed by atoms with E-state index in [-0.39, 0.29) is 76.5 Å². The third kappa shape index (κ3) is 23.5. The molecule has 117 heavy (non-hydrogen) atoms. The summed E-state index contributed by atoms with van der Waals surface area (Å²) in [4.78, 5) is 101. The van der Waals surface area contributed by atoms with Crippen molar-refractivity contribution < 1.29 is 231 Å². The van der Waals surface area contributed by atoms with E-state index in [0.29, 0.717) is 10.1 Å². The number of ether oxygens (including phenoxy) is 16. The molecule has 25 N–H and O–H groups in total. The van der Waals surface area contributed by atoms with Crippen LogP contribution in [0.5, 0.6) is 0 Å². The maximum atomic E-state index is 11.7. The minimum atomic E-state index is -2.27. The Hall–Kier alpha value is -4.62. The first kappa shape index (κ1) is 96.2. The molecule has 23 aliphatic heterocycles. The number of imide groups is 2. The van der Waals surface area contributed by atoms with Gasteiger partial charge < -0.3 is 204 Å². The molecule has 0 aromatic carbocycles. The van der Waals surface area contributed by atoms with Gasteiger partial charge in [0.2, 0.25) is 0 Å². The number of carbonyl (C=O) groups excluding carboxylic acids is 6. The van der Waals surface area contributed by atoms with Crippen LogP contribution in [0.1, 0.15) is 38.5 Å². The molecule has 23 saturated heterocycles. The van der Waals surface area contributed by atoms with E-state index in [0.717, 1.165) is 23.5 Å². The lowest BCUT2D eigenvalue weighted by atomic mass is 9.95. The van der Waals surface area contributed by atoms with Crippen LogP contribution in [0.4, 0.5) is 0 Å². The number of hydrogen-bond donors (Lipinski definition) is 23. The lowest BCUT2D eigenvalue weighted by Gasteiger charge is -2.50. The van der Waals surface area contributed by atoms with Crippen molar-refractivity contribution in [3.63, 3.8) is 0 Å². The third-order valence-electron chi connectivity index (χ3n) is 19.9. The second kappa shape index (κ2) is 44.1. The molecule has 14 bridgehead atoms. The van der Waals surface area contributed by atoms with Crippen LogP contribution in [0.3, 0.4) is 0 Å². The van der Waals surface area contributed by atoms with Crippen LogP contribution >= 0.6 is 23.5 Å². The van der Waals surface area contributed by atoms with Crippen LogP contribution in [0.15, 0.2) is 0 Å². The van der Waals surface area contributed by atoms with Crippen LogP contribution in [0, 0.1) is 0 Å². The first-order valence-corrected chi connectivity index (χ1v) is 39.0. The van der Waals surface area contributed by atoms with Gasteiger partial charge >= 0.3 is 23.9 Å². The van der Waals surface area contributed by atoms with Crippen LogP contribution in [-0.2, 0) is 124 Å². The average molecular weight is 1740 g/mol. The van der Waals surface area contributed by atoms with Gasteiger partial charge in [-0.25, -0.2) is 9.59 Å². The van der Waals surface area contributed by atoms with E-state index in [4.69, 9.17) is 87.3 Å². The third-order valence-corrected chi connectivity index (χ3v) is 22.2. The van der Waals surface area contributed by atoms with Gasteiger partial charge in [0.1, 0.15) is 171 Å². The highest BCUT2D eigenvalue weighted by atomic mass is 32.2. The monoisotopic (exact) mass is 1740 g/mol. The number of hydroxylamine groups is 4. The zero-order valence-electron chi connectivity index (χ0n) is 61.7. The summed E-state index contributed by atoms with van der Waals surface area (Å²) >= 11 is 1.60. The van der Waals surface area contributed by atoms with Crippen LogP contribution in [0.25, 0.3) is 0 Å². The molecule has 51 nitrogen and oxygen atoms in total. The first-order chi connectivity index (χ1) is 55.6. The summed E-state index contributed by atoms with van der Waals surface area (Å²) in [6.07, 6.45) is -71.6. The maximum absolute atomic E-state index is 11.7. The summed E-state index contributed by atoms with van der Waals surface area (Å²) in [7, 11) is 0. The molecular formula is C64H100N4O47S2. The highest BCUT2D eigenvalue weighted by molar-refractivity contribution is 7.99. The Bertz CT molecular complexity index is 3120. The van der Waals surface area contributed by atoms with Gasteiger partial charge in [-0.1, -0.05) is 0 Å². The number of nitrogens with zero attached hydrogens (tertiary/aromatic N) is 2. The van der Waals surface area contributed by atoms with E-state index >= 15 is 0 Å². The van der Waals surface area contributed by atoms with E-state index in [1.807, 2.05) is 0 Å². The number of aliphatic hydroxyl groups is 19. The molecule has 4 amide bonds. The van der Waals surface area contributed by atoms with Crippen molar-refractivity contribution in [1.82, 2.24) is 10.1 Å². The molecule has 0 spiro atoms. The highest BCUT2D eigenvalue weighted by Crippen LogP contribution is 2.40. The fourth-order valence-electron chi connectivity index (χ4n) is 13.4. The predicted molar refractivity (Wildman–Crippen MR) is 365 cm³/mol. The van der Waals surface area contributed by atoms with Gasteiger partial charge in [0, 0.05) is 48.7 Å². The Balaban J connectivity index is 0.000000469. The van der Waals surface area contributed by atoms with Gasteiger partial charge in [-0.15, -0.1) is 10.1 Å². The van der Waals surface area contributed by atoms with Gasteiger partial charge in [0.25, 0.3) is 23.6 Å². The fourth-order valence-corrected chi connectivity index (χ4v) is 15.5. The number of aliphatic hydroxyl groups excluding tert-OH is 19. The number of carbonyl (C=O) groups is 8. The van der Waals surface area contributed by atoms with Crippen LogP contribution in [-0.4, -0.2) is 474 Å². The van der Waals surface area contributed by atoms with E-state index in [9.17, 15) is 146 Å². The first-order valence-electron chi connectivity index (χ1n) is 36.7. The molecule has 670 valence electrons. The number of carboxylic acids is 2. The molecule has 0 radical (unpaired) electrons. The lowest BCUT2D eigenvalue weighted by molar-refractivity contribution is -0.395. The fraction of sp³-hybridized carbons (Fsp3) is 0.875. The zero-order chi connectivity index (χ0) is 85.7. The number of nitrogens with two attached hydrogens (primary N) is 2. The number of thioether (sulfide) groups is 2. The summed E-state index contributed by atoms with van der Waals surface area (Å²) in [5.41, 5.74) is 11.4. The summed E-state index contributed by atoms with van der Waals surface area (Å²) < 4.78 is 91.9. The molecular weight excluding hydrogens is 1640 g/mol. The van der Waals surface area contributed by atoms with Gasteiger partial charge in [-0.2, -0.15) is 23.5 Å². The van der Waals surface area contributed by atoms with Crippen molar-refractivity contribution in [3.05, 3.63) is 0 Å². The normalized spacial score (nSPS) is 42.2. The summed E-state index contributed by atoms with van der Waals surface area (Å²) in [6.45, 7) is -5.17. The van der Waals surface area contributed by atoms with Crippen LogP contribution < -0.4 is 11.5 Å². The van der Waals surface area contributed by atoms with Crippen molar-refractivity contribution in [3.8, 4) is 0 Å². The number of carboxylic acid groups (broad SMARTS) is 2. The molecule has 23 aliphatic rings. The lowest BCUT2D eigenvalue weighted by Crippen LogP contribution is -2.68. The summed E-state index contributed by atoms with van der Waals surface area (Å²) in [6, 6.07) is -2.94. The molecule has 37 atom stereocenters. The number of rotatable bonds is 26. The molecule has 15 unspecified atom stereocenters. The minimum Gasteiger partial charge on any atom is -0.480 e. The van der Waals surface area contributed by atoms with E-state index in [2.05, 4.69) is 9.68 Å². The Morgan fingerprint density at radius 2 is 0.521 bits per heavy atom. The Morgan fingerprint density at radius 3 is 0.718 bits per heavy atom. The number of amides is 4. The Morgan fingerprint density at radius 1 is 0.325 bits per heavy atom. The summed E-state index contributed by atoms with van der Waals surface area (Å²) in [5.74, 6) is -8.00.